The van der Waals surface area contributed by atoms with Gasteiger partial charge in [0.2, 0.25) is 5.95 Å². The number of aromatic nitrogens is 2. The van der Waals surface area contributed by atoms with Crippen LogP contribution in [0.1, 0.15) is 16.8 Å². The van der Waals surface area contributed by atoms with Crippen LogP contribution in [0.3, 0.4) is 0 Å². The monoisotopic (exact) mass is 380 g/mol. The van der Waals surface area contributed by atoms with E-state index in [0.29, 0.717) is 30.4 Å². The highest BCUT2D eigenvalue weighted by molar-refractivity contribution is 5.95. The van der Waals surface area contributed by atoms with E-state index in [1.165, 1.54) is 12.1 Å². The van der Waals surface area contributed by atoms with Gasteiger partial charge in [0.25, 0.3) is 5.91 Å². The number of carbonyl (C=O) groups is 1. The molecule has 2 N–H and O–H groups in total. The van der Waals surface area contributed by atoms with Crippen molar-refractivity contribution < 1.29 is 13.9 Å². The fourth-order valence-corrected chi connectivity index (χ4v) is 2.57. The van der Waals surface area contributed by atoms with Crippen LogP contribution in [-0.2, 0) is 4.74 Å². The van der Waals surface area contributed by atoms with Crippen LogP contribution in [-0.4, -0.2) is 36.1 Å². The molecule has 0 aliphatic heterocycles. The van der Waals surface area contributed by atoms with Gasteiger partial charge < -0.3 is 15.4 Å². The molecule has 6 nitrogen and oxygen atoms in total. The van der Waals surface area contributed by atoms with Crippen LogP contribution in [0.25, 0.3) is 11.1 Å². The van der Waals surface area contributed by atoms with Gasteiger partial charge in [-0.05, 0) is 42.3 Å². The maximum atomic E-state index is 13.0. The van der Waals surface area contributed by atoms with Crippen molar-refractivity contribution >= 4 is 17.5 Å². The third kappa shape index (κ3) is 5.34. The number of nitrogens with one attached hydrogen (secondary N) is 2. The lowest BCUT2D eigenvalue weighted by atomic mass is 10.1. The number of amides is 1. The molecule has 3 aromatic rings. The predicted molar refractivity (Wildman–Crippen MR) is 106 cm³/mol. The van der Waals surface area contributed by atoms with E-state index in [1.807, 2.05) is 6.07 Å². The van der Waals surface area contributed by atoms with Crippen molar-refractivity contribution in [2.24, 2.45) is 0 Å². The molecule has 0 bridgehead atoms. The standard InChI is InChI=1S/C21H21FN4O2/c1-28-11-3-10-23-20(27)16-4-2-5-19(12-16)26-21-24-13-17(14-25-21)15-6-8-18(22)9-7-15/h2,4-9,12-14H,3,10-11H2,1H3,(H,23,27)(H,24,25,26). The third-order valence-electron chi connectivity index (χ3n) is 4.02. The molecule has 7 heteroatoms. The number of halogens is 1. The molecule has 2 aromatic carbocycles. The molecule has 3 rings (SSSR count). The van der Waals surface area contributed by atoms with E-state index < -0.39 is 0 Å². The minimum absolute atomic E-state index is 0.146. The van der Waals surface area contributed by atoms with Gasteiger partial charge in [0.05, 0.1) is 0 Å². The highest BCUT2D eigenvalue weighted by Crippen LogP contribution is 2.20. The number of methoxy groups -OCH3 is 1. The average molecular weight is 380 g/mol. The first-order valence-corrected chi connectivity index (χ1v) is 8.88. The Bertz CT molecular complexity index is 914. The third-order valence-corrected chi connectivity index (χ3v) is 4.02. The first-order valence-electron chi connectivity index (χ1n) is 8.88. The predicted octanol–water partition coefficient (Wildman–Crippen LogP) is 3.79. The summed E-state index contributed by atoms with van der Waals surface area (Å²) in [5.41, 5.74) is 2.87. The van der Waals surface area contributed by atoms with Crippen LogP contribution in [0.15, 0.2) is 60.9 Å². The van der Waals surface area contributed by atoms with E-state index in [4.69, 9.17) is 4.74 Å². The molecule has 0 atom stereocenters. The minimum atomic E-state index is -0.287. The molecule has 0 saturated heterocycles. The second-order valence-electron chi connectivity index (χ2n) is 6.11. The van der Waals surface area contributed by atoms with Crippen molar-refractivity contribution in [3.05, 3.63) is 72.3 Å². The SMILES string of the molecule is COCCCNC(=O)c1cccc(Nc2ncc(-c3ccc(F)cc3)cn2)c1. The van der Waals surface area contributed by atoms with Crippen LogP contribution < -0.4 is 10.6 Å². The van der Waals surface area contributed by atoms with E-state index in [9.17, 15) is 9.18 Å². The summed E-state index contributed by atoms with van der Waals surface area (Å²) in [6, 6.07) is 13.3. The molecule has 0 spiro atoms. The van der Waals surface area contributed by atoms with Gasteiger partial charge in [0, 0.05) is 49.5 Å². The Kier molecular flexibility index (Phi) is 6.64. The Hall–Kier alpha value is -3.32. The lowest BCUT2D eigenvalue weighted by Gasteiger charge is -2.09. The summed E-state index contributed by atoms with van der Waals surface area (Å²) in [5.74, 6) is -0.0265. The van der Waals surface area contributed by atoms with E-state index in [1.54, 1.807) is 49.8 Å². The van der Waals surface area contributed by atoms with Crippen LogP contribution in [0.2, 0.25) is 0 Å². The highest BCUT2D eigenvalue weighted by Gasteiger charge is 2.07. The van der Waals surface area contributed by atoms with Gasteiger partial charge in [0.15, 0.2) is 0 Å². The van der Waals surface area contributed by atoms with Crippen molar-refractivity contribution in [3.8, 4) is 11.1 Å². The van der Waals surface area contributed by atoms with E-state index >= 15 is 0 Å². The second kappa shape index (κ2) is 9.57. The summed E-state index contributed by atoms with van der Waals surface area (Å²) in [5, 5.41) is 5.93. The molecule has 0 radical (unpaired) electrons. The molecule has 0 fully saturated rings. The van der Waals surface area contributed by atoms with Gasteiger partial charge >= 0.3 is 0 Å². The van der Waals surface area contributed by atoms with Gasteiger partial charge in [-0.3, -0.25) is 4.79 Å². The smallest absolute Gasteiger partial charge is 0.251 e. The molecule has 0 saturated carbocycles. The lowest BCUT2D eigenvalue weighted by Crippen LogP contribution is -2.25. The maximum absolute atomic E-state index is 13.0. The Labute approximate surface area is 162 Å². The van der Waals surface area contributed by atoms with E-state index in [-0.39, 0.29) is 11.7 Å². The lowest BCUT2D eigenvalue weighted by molar-refractivity contribution is 0.0948. The van der Waals surface area contributed by atoms with Crippen LogP contribution in [0.4, 0.5) is 16.0 Å². The van der Waals surface area contributed by atoms with Gasteiger partial charge in [0.1, 0.15) is 5.82 Å². The molecule has 0 unspecified atom stereocenters. The Morgan fingerprint density at radius 2 is 1.82 bits per heavy atom. The van der Waals surface area contributed by atoms with Gasteiger partial charge in [-0.25, -0.2) is 14.4 Å². The van der Waals surface area contributed by atoms with Crippen LogP contribution in [0, 0.1) is 5.82 Å². The van der Waals surface area contributed by atoms with Crippen molar-refractivity contribution in [2.45, 2.75) is 6.42 Å². The number of ether oxygens (including phenoxy) is 1. The number of benzene rings is 2. The first-order chi connectivity index (χ1) is 13.7. The molecule has 0 aliphatic carbocycles. The zero-order chi connectivity index (χ0) is 19.8. The van der Waals surface area contributed by atoms with Crippen molar-refractivity contribution in [1.82, 2.24) is 15.3 Å². The average Bonchev–Trinajstić information content (AvgIpc) is 2.72. The normalized spacial score (nSPS) is 10.5. The second-order valence-corrected chi connectivity index (χ2v) is 6.11. The topological polar surface area (TPSA) is 76.1 Å². The maximum Gasteiger partial charge on any atom is 0.251 e. The zero-order valence-electron chi connectivity index (χ0n) is 15.5. The molecular formula is C21H21FN4O2. The summed E-state index contributed by atoms with van der Waals surface area (Å²) in [4.78, 5) is 20.8. The summed E-state index contributed by atoms with van der Waals surface area (Å²) >= 11 is 0. The number of nitrogens with zero attached hydrogens (tertiary/aromatic N) is 2. The van der Waals surface area contributed by atoms with E-state index in [2.05, 4.69) is 20.6 Å². The first kappa shape index (κ1) is 19.4. The number of anilines is 2. The summed E-state index contributed by atoms with van der Waals surface area (Å²) < 4.78 is 18.0. The molecule has 144 valence electrons. The molecule has 1 amide bonds. The summed E-state index contributed by atoms with van der Waals surface area (Å²) in [6.07, 6.45) is 4.08. The fraction of sp³-hybridized carbons (Fsp3) is 0.190. The molecule has 1 heterocycles. The van der Waals surface area contributed by atoms with Gasteiger partial charge in [-0.15, -0.1) is 0 Å². The minimum Gasteiger partial charge on any atom is -0.385 e. The highest BCUT2D eigenvalue weighted by atomic mass is 19.1. The van der Waals surface area contributed by atoms with Gasteiger partial charge in [-0.2, -0.15) is 0 Å². The molecule has 28 heavy (non-hydrogen) atoms. The molecule has 0 aliphatic rings. The van der Waals surface area contributed by atoms with E-state index in [0.717, 1.165) is 17.5 Å². The quantitative estimate of drug-likeness (QED) is 0.582. The Balaban J connectivity index is 1.63. The number of hydrogen-bond acceptors (Lipinski definition) is 5. The molecular weight excluding hydrogens is 359 g/mol. The summed E-state index contributed by atoms with van der Waals surface area (Å²) in [7, 11) is 1.63. The fourth-order valence-electron chi connectivity index (χ4n) is 2.57. The van der Waals surface area contributed by atoms with Crippen molar-refractivity contribution in [2.75, 3.05) is 25.6 Å². The van der Waals surface area contributed by atoms with Crippen LogP contribution in [0.5, 0.6) is 0 Å². The van der Waals surface area contributed by atoms with Gasteiger partial charge in [-0.1, -0.05) is 18.2 Å². The summed E-state index contributed by atoms with van der Waals surface area (Å²) in [6.45, 7) is 1.16. The number of rotatable bonds is 8. The van der Waals surface area contributed by atoms with Crippen LogP contribution >= 0.6 is 0 Å². The Morgan fingerprint density at radius 1 is 1.07 bits per heavy atom. The largest absolute Gasteiger partial charge is 0.385 e. The van der Waals surface area contributed by atoms with Crippen molar-refractivity contribution in [1.29, 1.82) is 0 Å². The number of carbonyl (C=O) groups excluding carboxylic acids is 1. The molecule has 1 aromatic heterocycles. The zero-order valence-corrected chi connectivity index (χ0v) is 15.5. The Morgan fingerprint density at radius 3 is 2.54 bits per heavy atom. The van der Waals surface area contributed by atoms with Crippen molar-refractivity contribution in [3.63, 3.8) is 0 Å². The number of hydrogen-bond donors (Lipinski definition) is 2.